The molecule has 4 rings (SSSR count). The zero-order chi connectivity index (χ0) is 23.0. The van der Waals surface area contributed by atoms with Gasteiger partial charge in [0.25, 0.3) is 11.8 Å². The smallest absolute Gasteiger partial charge is 0.289 e. The number of furan rings is 1. The van der Waals surface area contributed by atoms with Gasteiger partial charge in [-0.1, -0.05) is 42.1 Å². The Balaban J connectivity index is 1.39. The van der Waals surface area contributed by atoms with E-state index >= 15 is 0 Å². The summed E-state index contributed by atoms with van der Waals surface area (Å²) in [6, 6.07) is 22.7. The van der Waals surface area contributed by atoms with Crippen LogP contribution in [-0.4, -0.2) is 47.8 Å². The third-order valence-electron chi connectivity index (χ3n) is 5.12. The van der Waals surface area contributed by atoms with E-state index in [1.165, 1.54) is 6.26 Å². The van der Waals surface area contributed by atoms with Crippen molar-refractivity contribution in [3.8, 4) is 6.07 Å². The van der Waals surface area contributed by atoms with Gasteiger partial charge in [0, 0.05) is 42.2 Å². The van der Waals surface area contributed by atoms with Crippen molar-refractivity contribution in [2.75, 3.05) is 31.5 Å². The summed E-state index contributed by atoms with van der Waals surface area (Å²) in [5.41, 5.74) is 0.659. The molecule has 1 saturated heterocycles. The molecule has 0 radical (unpaired) electrons. The second-order valence-corrected chi connectivity index (χ2v) is 8.44. The zero-order valence-electron chi connectivity index (χ0n) is 17.8. The molecule has 166 valence electrons. The third kappa shape index (κ3) is 5.64. The minimum absolute atomic E-state index is 0.0142. The van der Waals surface area contributed by atoms with Crippen LogP contribution in [0.2, 0.25) is 0 Å². The highest BCUT2D eigenvalue weighted by atomic mass is 32.2. The van der Waals surface area contributed by atoms with Gasteiger partial charge in [-0.3, -0.25) is 9.59 Å². The van der Waals surface area contributed by atoms with Gasteiger partial charge in [-0.05, 0) is 36.4 Å². The topological polar surface area (TPSA) is 89.6 Å². The Kier molecular flexibility index (Phi) is 7.12. The molecule has 1 fully saturated rings. The number of hydrogen-bond acceptors (Lipinski definition) is 6. The summed E-state index contributed by atoms with van der Waals surface area (Å²) in [7, 11) is 0. The second kappa shape index (κ2) is 10.6. The summed E-state index contributed by atoms with van der Waals surface area (Å²) in [5, 5.41) is 12.4. The van der Waals surface area contributed by atoms with Gasteiger partial charge in [-0.25, -0.2) is 0 Å². The van der Waals surface area contributed by atoms with Gasteiger partial charge in [-0.15, -0.1) is 0 Å². The molecule has 8 heteroatoms. The first kappa shape index (κ1) is 22.2. The van der Waals surface area contributed by atoms with Gasteiger partial charge in [0.2, 0.25) is 0 Å². The second-order valence-electron chi connectivity index (χ2n) is 7.33. The normalized spacial score (nSPS) is 14.0. The number of nitriles is 1. The molecule has 0 spiro atoms. The number of nitrogens with one attached hydrogen (secondary N) is 1. The maximum atomic E-state index is 12.8. The SMILES string of the molecule is N#C/C(=C/N1CCN(C(=O)c2ccco2)CC1)C(=O)Nc1ccccc1Sc1ccccc1. The number of amides is 2. The molecule has 1 aliphatic rings. The van der Waals surface area contributed by atoms with E-state index in [9.17, 15) is 14.9 Å². The van der Waals surface area contributed by atoms with Crippen LogP contribution in [0.25, 0.3) is 0 Å². The molecule has 2 aromatic carbocycles. The Morgan fingerprint density at radius 2 is 1.70 bits per heavy atom. The molecular formula is C25H22N4O3S. The molecule has 33 heavy (non-hydrogen) atoms. The first-order chi connectivity index (χ1) is 16.1. The van der Waals surface area contributed by atoms with E-state index in [4.69, 9.17) is 4.42 Å². The predicted molar refractivity (Wildman–Crippen MR) is 126 cm³/mol. The molecule has 3 aromatic rings. The first-order valence-corrected chi connectivity index (χ1v) is 11.3. The lowest BCUT2D eigenvalue weighted by molar-refractivity contribution is -0.112. The molecule has 0 bridgehead atoms. The molecule has 2 amide bonds. The molecule has 0 aliphatic carbocycles. The van der Waals surface area contributed by atoms with Crippen LogP contribution in [-0.2, 0) is 4.79 Å². The molecular weight excluding hydrogens is 436 g/mol. The van der Waals surface area contributed by atoms with Crippen molar-refractivity contribution in [1.82, 2.24) is 9.80 Å². The Bertz CT molecular complexity index is 1180. The van der Waals surface area contributed by atoms with Gasteiger partial charge in [-0.2, -0.15) is 5.26 Å². The number of para-hydroxylation sites is 1. The summed E-state index contributed by atoms with van der Waals surface area (Å²) in [5.74, 6) is -0.315. The molecule has 1 aromatic heterocycles. The van der Waals surface area contributed by atoms with Crippen molar-refractivity contribution in [2.24, 2.45) is 0 Å². The van der Waals surface area contributed by atoms with Crippen LogP contribution in [0, 0.1) is 11.3 Å². The maximum Gasteiger partial charge on any atom is 0.289 e. The van der Waals surface area contributed by atoms with Gasteiger partial charge in [0.1, 0.15) is 11.6 Å². The lowest BCUT2D eigenvalue weighted by Crippen LogP contribution is -2.47. The minimum Gasteiger partial charge on any atom is -0.459 e. The van der Waals surface area contributed by atoms with Crippen LogP contribution in [0.4, 0.5) is 5.69 Å². The van der Waals surface area contributed by atoms with Crippen LogP contribution in [0.5, 0.6) is 0 Å². The van der Waals surface area contributed by atoms with E-state index in [1.807, 2.05) is 65.6 Å². The van der Waals surface area contributed by atoms with E-state index in [0.29, 0.717) is 37.6 Å². The standard InChI is InChI=1S/C25H22N4O3S/c26-17-19(18-28-12-14-29(15-13-28)25(31)22-10-6-16-32-22)24(30)27-21-9-4-5-11-23(21)33-20-7-2-1-3-8-20/h1-11,16,18H,12-15H2,(H,27,30)/b19-18-. The van der Waals surface area contributed by atoms with Crippen molar-refractivity contribution in [3.05, 3.63) is 90.5 Å². The van der Waals surface area contributed by atoms with Gasteiger partial charge in [0.05, 0.1) is 12.0 Å². The molecule has 0 saturated carbocycles. The summed E-state index contributed by atoms with van der Waals surface area (Å²) in [4.78, 5) is 30.8. The molecule has 7 nitrogen and oxygen atoms in total. The Hall–Kier alpha value is -3.96. The van der Waals surface area contributed by atoms with Crippen molar-refractivity contribution >= 4 is 29.3 Å². The average Bonchev–Trinajstić information content (AvgIpc) is 3.39. The highest BCUT2D eigenvalue weighted by Crippen LogP contribution is 2.33. The van der Waals surface area contributed by atoms with Gasteiger partial charge >= 0.3 is 0 Å². The fraction of sp³-hybridized carbons (Fsp3) is 0.160. The van der Waals surface area contributed by atoms with Crippen molar-refractivity contribution in [3.63, 3.8) is 0 Å². The summed E-state index contributed by atoms with van der Waals surface area (Å²) in [6.07, 6.45) is 3.04. The number of hydrogen-bond donors (Lipinski definition) is 1. The summed E-state index contributed by atoms with van der Waals surface area (Å²) in [6.45, 7) is 2.00. The van der Waals surface area contributed by atoms with E-state index in [-0.39, 0.29) is 11.5 Å². The Morgan fingerprint density at radius 1 is 0.970 bits per heavy atom. The quantitative estimate of drug-likeness (QED) is 0.439. The Labute approximate surface area is 196 Å². The monoisotopic (exact) mass is 458 g/mol. The fourth-order valence-corrected chi connectivity index (χ4v) is 4.32. The fourth-order valence-electron chi connectivity index (χ4n) is 3.40. The van der Waals surface area contributed by atoms with E-state index in [0.717, 1.165) is 9.79 Å². The molecule has 1 aliphatic heterocycles. The highest BCUT2D eigenvalue weighted by Gasteiger charge is 2.23. The van der Waals surface area contributed by atoms with Gasteiger partial charge in [0.15, 0.2) is 5.76 Å². The molecule has 0 atom stereocenters. The number of anilines is 1. The largest absolute Gasteiger partial charge is 0.459 e. The number of nitrogens with zero attached hydrogens (tertiary/aromatic N) is 3. The summed E-state index contributed by atoms with van der Waals surface area (Å²) < 4.78 is 5.18. The minimum atomic E-state index is -0.465. The van der Waals surface area contributed by atoms with E-state index in [2.05, 4.69) is 5.32 Å². The van der Waals surface area contributed by atoms with Crippen LogP contribution in [0.1, 0.15) is 10.6 Å². The highest BCUT2D eigenvalue weighted by molar-refractivity contribution is 7.99. The third-order valence-corrected chi connectivity index (χ3v) is 6.20. The van der Waals surface area contributed by atoms with Crippen LogP contribution < -0.4 is 5.32 Å². The molecule has 1 N–H and O–H groups in total. The lowest BCUT2D eigenvalue weighted by atomic mass is 10.2. The first-order valence-electron chi connectivity index (χ1n) is 10.5. The molecule has 2 heterocycles. The zero-order valence-corrected chi connectivity index (χ0v) is 18.6. The average molecular weight is 459 g/mol. The van der Waals surface area contributed by atoms with Crippen LogP contribution in [0.3, 0.4) is 0 Å². The van der Waals surface area contributed by atoms with Crippen LogP contribution in [0.15, 0.2) is 99.0 Å². The molecule has 0 unspecified atom stereocenters. The van der Waals surface area contributed by atoms with E-state index < -0.39 is 5.91 Å². The number of rotatable bonds is 6. The maximum absolute atomic E-state index is 12.8. The number of carbonyl (C=O) groups excluding carboxylic acids is 2. The lowest BCUT2D eigenvalue weighted by Gasteiger charge is -2.33. The number of carbonyl (C=O) groups is 2. The number of benzene rings is 2. The van der Waals surface area contributed by atoms with Crippen LogP contribution >= 0.6 is 11.8 Å². The van der Waals surface area contributed by atoms with Gasteiger partial charge < -0.3 is 19.5 Å². The van der Waals surface area contributed by atoms with Crippen molar-refractivity contribution < 1.29 is 14.0 Å². The summed E-state index contributed by atoms with van der Waals surface area (Å²) >= 11 is 1.54. The van der Waals surface area contributed by atoms with E-state index in [1.54, 1.807) is 35.0 Å². The van der Waals surface area contributed by atoms with Crippen molar-refractivity contribution in [1.29, 1.82) is 5.26 Å². The van der Waals surface area contributed by atoms with Crippen molar-refractivity contribution in [2.45, 2.75) is 9.79 Å². The Morgan fingerprint density at radius 3 is 2.39 bits per heavy atom. The number of piperazine rings is 1. The predicted octanol–water partition coefficient (Wildman–Crippen LogP) is 4.23.